The largest absolute Gasteiger partial charge is 0.487 e. The van der Waals surface area contributed by atoms with Crippen molar-refractivity contribution in [2.75, 3.05) is 13.1 Å². The van der Waals surface area contributed by atoms with Crippen molar-refractivity contribution in [1.29, 1.82) is 0 Å². The van der Waals surface area contributed by atoms with Crippen LogP contribution in [0.3, 0.4) is 0 Å². The zero-order valence-corrected chi connectivity index (χ0v) is 14.2. The van der Waals surface area contributed by atoms with E-state index in [-0.39, 0.29) is 17.7 Å². The Morgan fingerprint density at radius 3 is 2.61 bits per heavy atom. The highest BCUT2D eigenvalue weighted by Gasteiger charge is 2.43. The Labute approximate surface area is 137 Å². The van der Waals surface area contributed by atoms with Crippen LogP contribution in [-0.2, 0) is 4.74 Å². The summed E-state index contributed by atoms with van der Waals surface area (Å²) in [5, 5.41) is 0. The van der Waals surface area contributed by atoms with E-state index in [1.165, 1.54) is 0 Å². The maximum absolute atomic E-state index is 12.2. The van der Waals surface area contributed by atoms with Crippen molar-refractivity contribution in [3.8, 4) is 5.75 Å². The molecule has 1 spiro atoms. The first-order valence-corrected chi connectivity index (χ1v) is 8.29. The molecule has 1 aromatic rings. The van der Waals surface area contributed by atoms with Gasteiger partial charge in [0.15, 0.2) is 0 Å². The van der Waals surface area contributed by atoms with E-state index >= 15 is 0 Å². The fourth-order valence-electron chi connectivity index (χ4n) is 3.39. The summed E-state index contributed by atoms with van der Waals surface area (Å²) in [6, 6.07) is 7.97. The third-order valence-electron chi connectivity index (χ3n) is 4.56. The molecule has 5 heteroatoms. The lowest BCUT2D eigenvalue weighted by Gasteiger charge is -2.46. The maximum atomic E-state index is 12.2. The molecule has 2 aliphatic heterocycles. The van der Waals surface area contributed by atoms with E-state index in [2.05, 4.69) is 0 Å². The van der Waals surface area contributed by atoms with Crippen LogP contribution in [0.4, 0.5) is 4.79 Å². The van der Waals surface area contributed by atoms with Crippen LogP contribution in [0.15, 0.2) is 24.3 Å². The molecule has 0 saturated carbocycles. The SMILES string of the molecule is CC(C)(C)OC(=O)N1CCC2(CC1)C[C@@H](N)c1ccccc1O2. The van der Waals surface area contributed by atoms with E-state index in [1.807, 2.05) is 45.0 Å². The average molecular weight is 318 g/mol. The second-order valence-corrected chi connectivity index (χ2v) is 7.60. The Balaban J connectivity index is 1.66. The number of hydrogen-bond donors (Lipinski definition) is 1. The molecule has 0 bridgehead atoms. The zero-order chi connectivity index (χ0) is 16.7. The normalized spacial score (nSPS) is 23.1. The van der Waals surface area contributed by atoms with E-state index in [0.29, 0.717) is 13.1 Å². The van der Waals surface area contributed by atoms with Gasteiger partial charge in [-0.1, -0.05) is 18.2 Å². The number of amides is 1. The van der Waals surface area contributed by atoms with Gasteiger partial charge < -0.3 is 20.1 Å². The van der Waals surface area contributed by atoms with Gasteiger partial charge in [0.1, 0.15) is 17.0 Å². The fraction of sp³-hybridized carbons (Fsp3) is 0.611. The van der Waals surface area contributed by atoms with E-state index in [4.69, 9.17) is 15.2 Å². The number of piperidine rings is 1. The standard InChI is InChI=1S/C18H26N2O3/c1-17(2,3)23-16(21)20-10-8-18(9-11-20)12-14(19)13-6-4-5-7-15(13)22-18/h4-7,14H,8-12,19H2,1-3H3/t14-/m1/s1. The third-order valence-corrected chi connectivity index (χ3v) is 4.56. The summed E-state index contributed by atoms with van der Waals surface area (Å²) < 4.78 is 11.8. The van der Waals surface area contributed by atoms with Crippen molar-refractivity contribution in [3.63, 3.8) is 0 Å². The lowest BCUT2D eigenvalue weighted by atomic mass is 9.81. The van der Waals surface area contributed by atoms with Crippen molar-refractivity contribution in [1.82, 2.24) is 4.90 Å². The number of fused-ring (bicyclic) bond motifs is 1. The molecule has 126 valence electrons. The molecular formula is C18H26N2O3. The van der Waals surface area contributed by atoms with Gasteiger partial charge in [-0.3, -0.25) is 0 Å². The molecular weight excluding hydrogens is 292 g/mol. The van der Waals surface area contributed by atoms with Gasteiger partial charge in [0, 0.05) is 44.0 Å². The zero-order valence-electron chi connectivity index (χ0n) is 14.2. The van der Waals surface area contributed by atoms with Gasteiger partial charge in [0.25, 0.3) is 0 Å². The van der Waals surface area contributed by atoms with Gasteiger partial charge in [-0.25, -0.2) is 4.79 Å². The number of rotatable bonds is 0. The maximum Gasteiger partial charge on any atom is 0.410 e. The van der Waals surface area contributed by atoms with Gasteiger partial charge in [-0.05, 0) is 26.8 Å². The number of likely N-dealkylation sites (tertiary alicyclic amines) is 1. The molecule has 3 rings (SSSR count). The summed E-state index contributed by atoms with van der Waals surface area (Å²) in [7, 11) is 0. The van der Waals surface area contributed by atoms with Crippen LogP contribution in [0.5, 0.6) is 5.75 Å². The molecule has 1 aromatic carbocycles. The first-order chi connectivity index (χ1) is 10.8. The van der Waals surface area contributed by atoms with Crippen LogP contribution >= 0.6 is 0 Å². The highest BCUT2D eigenvalue weighted by atomic mass is 16.6. The molecule has 0 aliphatic carbocycles. The minimum atomic E-state index is -0.463. The minimum absolute atomic E-state index is 0.00646. The Morgan fingerprint density at radius 1 is 1.30 bits per heavy atom. The molecule has 0 unspecified atom stereocenters. The van der Waals surface area contributed by atoms with Crippen LogP contribution in [-0.4, -0.2) is 35.3 Å². The molecule has 1 saturated heterocycles. The second-order valence-electron chi connectivity index (χ2n) is 7.60. The number of carbonyl (C=O) groups excluding carboxylic acids is 1. The van der Waals surface area contributed by atoms with Gasteiger partial charge in [0.2, 0.25) is 0 Å². The van der Waals surface area contributed by atoms with Gasteiger partial charge in [-0.15, -0.1) is 0 Å². The molecule has 1 amide bonds. The molecule has 1 fully saturated rings. The highest BCUT2D eigenvalue weighted by Crippen LogP contribution is 2.43. The monoisotopic (exact) mass is 318 g/mol. The Morgan fingerprint density at radius 2 is 1.96 bits per heavy atom. The summed E-state index contributed by atoms with van der Waals surface area (Å²) in [5.74, 6) is 0.886. The number of hydrogen-bond acceptors (Lipinski definition) is 4. The summed E-state index contributed by atoms with van der Waals surface area (Å²) in [6.45, 7) is 6.94. The third kappa shape index (κ3) is 3.44. The van der Waals surface area contributed by atoms with Gasteiger partial charge in [-0.2, -0.15) is 0 Å². The molecule has 23 heavy (non-hydrogen) atoms. The van der Waals surface area contributed by atoms with E-state index < -0.39 is 5.60 Å². The molecule has 2 N–H and O–H groups in total. The van der Waals surface area contributed by atoms with Crippen LogP contribution < -0.4 is 10.5 Å². The molecule has 2 aliphatic rings. The molecule has 2 heterocycles. The number of carbonyl (C=O) groups is 1. The van der Waals surface area contributed by atoms with Crippen molar-refractivity contribution < 1.29 is 14.3 Å². The predicted molar refractivity (Wildman–Crippen MR) is 88.4 cm³/mol. The number of benzene rings is 1. The fourth-order valence-corrected chi connectivity index (χ4v) is 3.39. The summed E-state index contributed by atoms with van der Waals surface area (Å²) in [4.78, 5) is 14.0. The van der Waals surface area contributed by atoms with Crippen LogP contribution in [0.1, 0.15) is 51.6 Å². The predicted octanol–water partition coefficient (Wildman–Crippen LogP) is 3.24. The number of para-hydroxylation sites is 1. The smallest absolute Gasteiger partial charge is 0.410 e. The molecule has 0 aromatic heterocycles. The van der Waals surface area contributed by atoms with Crippen molar-refractivity contribution in [2.24, 2.45) is 5.73 Å². The average Bonchev–Trinajstić information content (AvgIpc) is 2.46. The molecule has 0 radical (unpaired) electrons. The lowest BCUT2D eigenvalue weighted by Crippen LogP contribution is -2.53. The number of nitrogens with zero attached hydrogens (tertiary/aromatic N) is 1. The second kappa shape index (κ2) is 5.71. The van der Waals surface area contributed by atoms with Crippen molar-refractivity contribution in [3.05, 3.63) is 29.8 Å². The van der Waals surface area contributed by atoms with E-state index in [9.17, 15) is 4.79 Å². The Bertz CT molecular complexity index is 586. The molecule has 1 atom stereocenters. The van der Waals surface area contributed by atoms with Gasteiger partial charge >= 0.3 is 6.09 Å². The highest BCUT2D eigenvalue weighted by molar-refractivity contribution is 5.68. The summed E-state index contributed by atoms with van der Waals surface area (Å²) in [6.07, 6.45) is 2.13. The quantitative estimate of drug-likeness (QED) is 0.797. The number of ether oxygens (including phenoxy) is 2. The first-order valence-electron chi connectivity index (χ1n) is 8.29. The Kier molecular flexibility index (Phi) is 4.00. The van der Waals surface area contributed by atoms with Crippen molar-refractivity contribution in [2.45, 2.75) is 57.3 Å². The lowest BCUT2D eigenvalue weighted by molar-refractivity contribution is -0.0320. The van der Waals surface area contributed by atoms with E-state index in [1.54, 1.807) is 4.90 Å². The summed E-state index contributed by atoms with van der Waals surface area (Å²) in [5.41, 5.74) is 6.70. The first kappa shape index (κ1) is 16.1. The summed E-state index contributed by atoms with van der Waals surface area (Å²) >= 11 is 0. The topological polar surface area (TPSA) is 64.8 Å². The van der Waals surface area contributed by atoms with E-state index in [0.717, 1.165) is 30.6 Å². The molecule has 5 nitrogen and oxygen atoms in total. The van der Waals surface area contributed by atoms with Crippen LogP contribution in [0.25, 0.3) is 0 Å². The van der Waals surface area contributed by atoms with Crippen LogP contribution in [0, 0.1) is 0 Å². The Hall–Kier alpha value is -1.75. The van der Waals surface area contributed by atoms with Gasteiger partial charge in [0.05, 0.1) is 0 Å². The minimum Gasteiger partial charge on any atom is -0.487 e. The van der Waals surface area contributed by atoms with Crippen LogP contribution in [0.2, 0.25) is 0 Å². The number of nitrogens with two attached hydrogens (primary N) is 1. The van der Waals surface area contributed by atoms with Crippen molar-refractivity contribution >= 4 is 6.09 Å².